The summed E-state index contributed by atoms with van der Waals surface area (Å²) in [6, 6.07) is 24.5. The van der Waals surface area contributed by atoms with E-state index in [0.29, 0.717) is 13.1 Å². The molecular weight excluding hydrogens is 448 g/mol. The molecular formula is C31H34N2O3. The van der Waals surface area contributed by atoms with E-state index in [-0.39, 0.29) is 12.7 Å². The lowest BCUT2D eigenvalue weighted by Gasteiger charge is -2.25. The van der Waals surface area contributed by atoms with Crippen LogP contribution in [0.2, 0.25) is 0 Å². The molecule has 0 saturated carbocycles. The van der Waals surface area contributed by atoms with Gasteiger partial charge in [0.15, 0.2) is 11.5 Å². The van der Waals surface area contributed by atoms with E-state index in [2.05, 4.69) is 49.1 Å². The lowest BCUT2D eigenvalue weighted by atomic mass is 9.95. The molecule has 0 aliphatic carbocycles. The van der Waals surface area contributed by atoms with Gasteiger partial charge in [-0.3, -0.25) is 4.79 Å². The van der Waals surface area contributed by atoms with Crippen LogP contribution in [-0.4, -0.2) is 48.7 Å². The number of ether oxygens (including phenoxy) is 2. The minimum atomic E-state index is 0.0727. The maximum absolute atomic E-state index is 14.3. The Bertz CT molecular complexity index is 1310. The minimum Gasteiger partial charge on any atom is -0.454 e. The number of carbonyl (C=O) groups is 1. The van der Waals surface area contributed by atoms with Crippen molar-refractivity contribution >= 4 is 27.5 Å². The Hall–Kier alpha value is -3.57. The van der Waals surface area contributed by atoms with Crippen LogP contribution in [0, 0.1) is 0 Å². The molecule has 0 saturated heterocycles. The van der Waals surface area contributed by atoms with Crippen LogP contribution in [0.3, 0.4) is 0 Å². The van der Waals surface area contributed by atoms with Crippen molar-refractivity contribution in [2.45, 2.75) is 33.2 Å². The van der Waals surface area contributed by atoms with E-state index in [1.54, 1.807) is 0 Å². The van der Waals surface area contributed by atoms with Crippen molar-refractivity contribution in [1.29, 1.82) is 0 Å². The molecule has 5 nitrogen and oxygen atoms in total. The first kappa shape index (κ1) is 24.1. The summed E-state index contributed by atoms with van der Waals surface area (Å²) in [5.41, 5.74) is 1.83. The summed E-state index contributed by atoms with van der Waals surface area (Å²) in [5.74, 6) is 1.58. The van der Waals surface area contributed by atoms with Crippen molar-refractivity contribution in [1.82, 2.24) is 9.80 Å². The number of carbonyl (C=O) groups excluding carboxylic acids is 1. The Labute approximate surface area is 213 Å². The molecule has 5 heteroatoms. The van der Waals surface area contributed by atoms with E-state index >= 15 is 0 Å². The van der Waals surface area contributed by atoms with Crippen LogP contribution in [-0.2, 0) is 6.54 Å². The molecule has 1 aliphatic heterocycles. The van der Waals surface area contributed by atoms with Crippen LogP contribution in [0.25, 0.3) is 21.5 Å². The standard InChI is InChI=1S/C31H34N2O3/c1-3-32(4-2)17-9-10-18-33(21-23-15-16-28-29(19-23)36-22-35-28)31(34)30-26-13-7-5-11-24(26)20-25-12-6-8-14-27(25)30/h5-8,11-16,19-20H,3-4,9-10,17-18,21-22H2,1-2H3. The molecule has 4 aromatic carbocycles. The van der Waals surface area contributed by atoms with Crippen molar-refractivity contribution in [3.05, 3.63) is 83.9 Å². The Kier molecular flexibility index (Phi) is 7.38. The van der Waals surface area contributed by atoms with Gasteiger partial charge in [-0.15, -0.1) is 0 Å². The van der Waals surface area contributed by atoms with E-state index in [9.17, 15) is 4.79 Å². The molecule has 0 unspecified atom stereocenters. The van der Waals surface area contributed by atoms with Crippen molar-refractivity contribution in [2.24, 2.45) is 0 Å². The second kappa shape index (κ2) is 11.0. The molecule has 1 heterocycles. The third-order valence-electron chi connectivity index (χ3n) is 7.13. The first-order valence-corrected chi connectivity index (χ1v) is 13.0. The van der Waals surface area contributed by atoms with Gasteiger partial charge < -0.3 is 19.3 Å². The Morgan fingerprint density at radius 2 is 1.42 bits per heavy atom. The zero-order chi connectivity index (χ0) is 24.9. The second-order valence-corrected chi connectivity index (χ2v) is 9.34. The molecule has 0 N–H and O–H groups in total. The number of amides is 1. The third kappa shape index (κ3) is 5.02. The quantitative estimate of drug-likeness (QED) is 0.191. The summed E-state index contributed by atoms with van der Waals surface area (Å²) < 4.78 is 11.1. The largest absolute Gasteiger partial charge is 0.454 e. The van der Waals surface area contributed by atoms with Gasteiger partial charge in [-0.25, -0.2) is 0 Å². The van der Waals surface area contributed by atoms with Gasteiger partial charge in [-0.05, 0) is 77.8 Å². The smallest absolute Gasteiger partial charge is 0.255 e. The second-order valence-electron chi connectivity index (χ2n) is 9.34. The van der Waals surface area contributed by atoms with Crippen LogP contribution < -0.4 is 9.47 Å². The van der Waals surface area contributed by atoms with E-state index in [1.807, 2.05) is 47.4 Å². The van der Waals surface area contributed by atoms with Crippen LogP contribution in [0.1, 0.15) is 42.6 Å². The predicted octanol–water partition coefficient (Wildman–Crippen LogP) is 6.49. The molecule has 5 rings (SSSR count). The van der Waals surface area contributed by atoms with Crippen LogP contribution in [0.5, 0.6) is 11.5 Å². The number of fused-ring (bicyclic) bond motifs is 3. The topological polar surface area (TPSA) is 42.0 Å². The molecule has 0 atom stereocenters. The Morgan fingerprint density at radius 1 is 0.778 bits per heavy atom. The maximum atomic E-state index is 14.3. The summed E-state index contributed by atoms with van der Waals surface area (Å²) >= 11 is 0. The molecule has 1 aliphatic rings. The van der Waals surface area contributed by atoms with Gasteiger partial charge in [0.1, 0.15) is 0 Å². The fourth-order valence-corrected chi connectivity index (χ4v) is 5.09. The van der Waals surface area contributed by atoms with Crippen LogP contribution in [0.4, 0.5) is 0 Å². The zero-order valence-electron chi connectivity index (χ0n) is 21.2. The molecule has 0 aromatic heterocycles. The first-order valence-electron chi connectivity index (χ1n) is 13.0. The highest BCUT2D eigenvalue weighted by molar-refractivity contribution is 6.18. The summed E-state index contributed by atoms with van der Waals surface area (Å²) in [6.45, 7) is 9.03. The molecule has 0 bridgehead atoms. The normalized spacial score (nSPS) is 12.5. The van der Waals surface area contributed by atoms with Gasteiger partial charge in [0, 0.05) is 13.1 Å². The number of rotatable bonds is 10. The van der Waals surface area contributed by atoms with Gasteiger partial charge in [0.05, 0.1) is 5.56 Å². The third-order valence-corrected chi connectivity index (χ3v) is 7.13. The Balaban J connectivity index is 1.48. The molecule has 186 valence electrons. The SMILES string of the molecule is CCN(CC)CCCCN(Cc1ccc2c(c1)OCO2)C(=O)c1c2ccccc2cc2ccccc12. The fourth-order valence-electron chi connectivity index (χ4n) is 5.09. The summed E-state index contributed by atoms with van der Waals surface area (Å²) in [6.07, 6.45) is 2.01. The molecule has 0 radical (unpaired) electrons. The van der Waals surface area contributed by atoms with E-state index < -0.39 is 0 Å². The van der Waals surface area contributed by atoms with Crippen molar-refractivity contribution < 1.29 is 14.3 Å². The van der Waals surface area contributed by atoms with Crippen LogP contribution >= 0.6 is 0 Å². The van der Waals surface area contributed by atoms with E-state index in [1.165, 1.54) is 0 Å². The predicted molar refractivity (Wildman–Crippen MR) is 146 cm³/mol. The van der Waals surface area contributed by atoms with E-state index in [4.69, 9.17) is 9.47 Å². The zero-order valence-corrected chi connectivity index (χ0v) is 21.2. The van der Waals surface area contributed by atoms with Crippen molar-refractivity contribution in [3.8, 4) is 11.5 Å². The van der Waals surface area contributed by atoms with Gasteiger partial charge in [0.25, 0.3) is 5.91 Å². The maximum Gasteiger partial charge on any atom is 0.255 e. The molecule has 0 fully saturated rings. The summed E-state index contributed by atoms with van der Waals surface area (Å²) in [4.78, 5) is 18.8. The minimum absolute atomic E-state index is 0.0727. The highest BCUT2D eigenvalue weighted by Crippen LogP contribution is 2.34. The van der Waals surface area contributed by atoms with Gasteiger partial charge >= 0.3 is 0 Å². The van der Waals surface area contributed by atoms with Crippen LogP contribution in [0.15, 0.2) is 72.8 Å². The lowest BCUT2D eigenvalue weighted by Crippen LogP contribution is -2.32. The molecule has 4 aromatic rings. The number of hydrogen-bond donors (Lipinski definition) is 0. The van der Waals surface area contributed by atoms with Crippen molar-refractivity contribution in [3.63, 3.8) is 0 Å². The Morgan fingerprint density at radius 3 is 2.11 bits per heavy atom. The molecule has 0 spiro atoms. The number of benzene rings is 4. The average molecular weight is 483 g/mol. The number of unbranched alkanes of at least 4 members (excludes halogenated alkanes) is 1. The summed E-state index contributed by atoms with van der Waals surface area (Å²) in [5, 5.41) is 4.17. The molecule has 1 amide bonds. The van der Waals surface area contributed by atoms with E-state index in [0.717, 1.165) is 76.6 Å². The lowest BCUT2D eigenvalue weighted by molar-refractivity contribution is 0.0742. The average Bonchev–Trinajstić information content (AvgIpc) is 3.39. The highest BCUT2D eigenvalue weighted by Gasteiger charge is 2.22. The van der Waals surface area contributed by atoms with Gasteiger partial charge in [-0.2, -0.15) is 0 Å². The number of hydrogen-bond acceptors (Lipinski definition) is 4. The van der Waals surface area contributed by atoms with Crippen molar-refractivity contribution in [2.75, 3.05) is 33.0 Å². The summed E-state index contributed by atoms with van der Waals surface area (Å²) in [7, 11) is 0. The molecule has 36 heavy (non-hydrogen) atoms. The highest BCUT2D eigenvalue weighted by atomic mass is 16.7. The van der Waals surface area contributed by atoms with Gasteiger partial charge in [-0.1, -0.05) is 68.4 Å². The number of nitrogens with zero attached hydrogens (tertiary/aromatic N) is 2. The van der Waals surface area contributed by atoms with Gasteiger partial charge in [0.2, 0.25) is 6.79 Å². The first-order chi connectivity index (χ1) is 17.7. The monoisotopic (exact) mass is 482 g/mol. The fraction of sp³-hybridized carbons (Fsp3) is 0.323.